The Balaban J connectivity index is 2.37. The van der Waals surface area contributed by atoms with Crippen LogP contribution in [0.1, 0.15) is 21.7 Å². The number of rotatable bonds is 2. The highest BCUT2D eigenvalue weighted by atomic mass is 19.2. The van der Waals surface area contributed by atoms with Gasteiger partial charge in [0.15, 0.2) is 11.6 Å². The molecule has 0 atom stereocenters. The fourth-order valence-electron chi connectivity index (χ4n) is 1.31. The van der Waals surface area contributed by atoms with Gasteiger partial charge in [0.1, 0.15) is 5.69 Å². The highest BCUT2D eigenvalue weighted by molar-refractivity contribution is 6.07. The van der Waals surface area contributed by atoms with Crippen molar-refractivity contribution in [1.82, 2.24) is 10.2 Å². The molecule has 0 aliphatic carbocycles. The van der Waals surface area contributed by atoms with Gasteiger partial charge in [0.05, 0.1) is 5.69 Å². The summed E-state index contributed by atoms with van der Waals surface area (Å²) in [6.07, 6.45) is 0. The largest absolute Gasteiger partial charge is 0.287 e. The van der Waals surface area contributed by atoms with Gasteiger partial charge >= 0.3 is 0 Å². The predicted molar refractivity (Wildman–Crippen MR) is 56.6 cm³/mol. The number of aryl methyl sites for hydroxylation is 1. The molecule has 3 nitrogen and oxygen atoms in total. The van der Waals surface area contributed by atoms with Crippen LogP contribution in [-0.4, -0.2) is 16.0 Å². The molecular formula is C12H8F2N2O. The van der Waals surface area contributed by atoms with Crippen LogP contribution in [0.2, 0.25) is 0 Å². The molecule has 0 fully saturated rings. The normalized spacial score (nSPS) is 10.3. The topological polar surface area (TPSA) is 42.9 Å². The van der Waals surface area contributed by atoms with E-state index >= 15 is 0 Å². The average molecular weight is 234 g/mol. The molecule has 1 aromatic heterocycles. The molecule has 0 aliphatic rings. The molecule has 0 amide bonds. The molecule has 1 aromatic carbocycles. The van der Waals surface area contributed by atoms with E-state index in [1.165, 1.54) is 12.1 Å². The van der Waals surface area contributed by atoms with E-state index < -0.39 is 17.4 Å². The minimum absolute atomic E-state index is 0.0436. The highest BCUT2D eigenvalue weighted by Crippen LogP contribution is 2.12. The van der Waals surface area contributed by atoms with Crippen molar-refractivity contribution in [3.63, 3.8) is 0 Å². The molecule has 0 radical (unpaired) electrons. The molecule has 17 heavy (non-hydrogen) atoms. The van der Waals surface area contributed by atoms with E-state index in [1.807, 2.05) is 0 Å². The van der Waals surface area contributed by atoms with Crippen molar-refractivity contribution in [1.29, 1.82) is 0 Å². The Morgan fingerprint density at radius 2 is 1.82 bits per heavy atom. The van der Waals surface area contributed by atoms with Crippen LogP contribution in [-0.2, 0) is 0 Å². The fourth-order valence-corrected chi connectivity index (χ4v) is 1.31. The zero-order valence-corrected chi connectivity index (χ0v) is 8.95. The fraction of sp³-hybridized carbons (Fsp3) is 0.0833. The summed E-state index contributed by atoms with van der Waals surface area (Å²) in [5.74, 6) is -2.54. The molecular weight excluding hydrogens is 226 g/mol. The zero-order chi connectivity index (χ0) is 12.4. The first-order valence-corrected chi connectivity index (χ1v) is 4.88. The molecule has 0 saturated carbocycles. The van der Waals surface area contributed by atoms with Crippen LogP contribution in [0.25, 0.3) is 0 Å². The van der Waals surface area contributed by atoms with Gasteiger partial charge in [-0.25, -0.2) is 8.78 Å². The SMILES string of the molecule is Cc1ccc(C(=O)c2ccc(F)c(F)c2)nn1. The Hall–Kier alpha value is -2.17. The van der Waals surface area contributed by atoms with Crippen LogP contribution in [0.3, 0.4) is 0 Å². The summed E-state index contributed by atoms with van der Waals surface area (Å²) in [5.41, 5.74) is 0.815. The smallest absolute Gasteiger partial charge is 0.213 e. The van der Waals surface area contributed by atoms with Gasteiger partial charge in [-0.2, -0.15) is 5.10 Å². The quantitative estimate of drug-likeness (QED) is 0.749. The van der Waals surface area contributed by atoms with Crippen molar-refractivity contribution >= 4 is 5.78 Å². The summed E-state index contributed by atoms with van der Waals surface area (Å²) in [7, 11) is 0. The molecule has 2 rings (SSSR count). The van der Waals surface area contributed by atoms with Gasteiger partial charge in [-0.15, -0.1) is 5.10 Å². The lowest BCUT2D eigenvalue weighted by Crippen LogP contribution is -2.06. The zero-order valence-electron chi connectivity index (χ0n) is 8.95. The van der Waals surface area contributed by atoms with E-state index in [4.69, 9.17) is 0 Å². The lowest BCUT2D eigenvalue weighted by molar-refractivity contribution is 0.103. The molecule has 0 N–H and O–H groups in total. The second-order valence-electron chi connectivity index (χ2n) is 3.52. The third-order valence-electron chi connectivity index (χ3n) is 2.21. The minimum Gasteiger partial charge on any atom is -0.287 e. The van der Waals surface area contributed by atoms with E-state index in [0.717, 1.165) is 12.1 Å². The average Bonchev–Trinajstić information content (AvgIpc) is 2.33. The second-order valence-corrected chi connectivity index (χ2v) is 3.52. The Morgan fingerprint density at radius 3 is 2.41 bits per heavy atom. The second kappa shape index (κ2) is 4.37. The number of nitrogens with zero attached hydrogens (tertiary/aromatic N) is 2. The van der Waals surface area contributed by atoms with E-state index in [-0.39, 0.29) is 11.3 Å². The number of halogens is 2. The summed E-state index contributed by atoms with van der Waals surface area (Å²) < 4.78 is 25.7. The van der Waals surface area contributed by atoms with E-state index in [0.29, 0.717) is 5.69 Å². The van der Waals surface area contributed by atoms with Gasteiger partial charge in [-0.05, 0) is 37.3 Å². The van der Waals surface area contributed by atoms with Crippen LogP contribution in [0.15, 0.2) is 30.3 Å². The number of carbonyl (C=O) groups is 1. The summed E-state index contributed by atoms with van der Waals surface area (Å²) in [5, 5.41) is 7.42. The number of carbonyl (C=O) groups excluding carboxylic acids is 1. The van der Waals surface area contributed by atoms with Crippen molar-refractivity contribution in [2.24, 2.45) is 0 Å². The molecule has 0 aliphatic heterocycles. The number of benzene rings is 1. The Labute approximate surface area is 96.1 Å². The molecule has 0 spiro atoms. The summed E-state index contributed by atoms with van der Waals surface area (Å²) >= 11 is 0. The number of hydrogen-bond acceptors (Lipinski definition) is 3. The Bertz CT molecular complexity index is 567. The number of ketones is 1. The van der Waals surface area contributed by atoms with E-state index in [2.05, 4.69) is 10.2 Å². The number of hydrogen-bond donors (Lipinski definition) is 0. The first kappa shape index (κ1) is 11.3. The van der Waals surface area contributed by atoms with Gasteiger partial charge in [-0.1, -0.05) is 0 Å². The van der Waals surface area contributed by atoms with Gasteiger partial charge in [0, 0.05) is 5.56 Å². The van der Waals surface area contributed by atoms with Crippen LogP contribution < -0.4 is 0 Å². The monoisotopic (exact) mass is 234 g/mol. The van der Waals surface area contributed by atoms with E-state index in [1.54, 1.807) is 13.0 Å². The Kier molecular flexibility index (Phi) is 2.91. The van der Waals surface area contributed by atoms with Gasteiger partial charge in [0.2, 0.25) is 5.78 Å². The molecule has 2 aromatic rings. The highest BCUT2D eigenvalue weighted by Gasteiger charge is 2.13. The van der Waals surface area contributed by atoms with Crippen LogP contribution in [0.4, 0.5) is 8.78 Å². The molecule has 1 heterocycles. The minimum atomic E-state index is -1.06. The lowest BCUT2D eigenvalue weighted by Gasteiger charge is -2.00. The van der Waals surface area contributed by atoms with Crippen molar-refractivity contribution in [3.8, 4) is 0 Å². The molecule has 0 saturated heterocycles. The third kappa shape index (κ3) is 2.33. The Morgan fingerprint density at radius 1 is 1.06 bits per heavy atom. The van der Waals surface area contributed by atoms with E-state index in [9.17, 15) is 13.6 Å². The van der Waals surface area contributed by atoms with Crippen molar-refractivity contribution in [2.75, 3.05) is 0 Å². The van der Waals surface area contributed by atoms with Gasteiger partial charge in [0.25, 0.3) is 0 Å². The van der Waals surface area contributed by atoms with Crippen molar-refractivity contribution in [2.45, 2.75) is 6.92 Å². The standard InChI is InChI=1S/C12H8F2N2O/c1-7-2-5-11(16-15-7)12(17)8-3-4-9(13)10(14)6-8/h2-6H,1H3. The molecule has 5 heteroatoms. The first-order chi connectivity index (χ1) is 8.08. The summed E-state index contributed by atoms with van der Waals surface area (Å²) in [6, 6.07) is 6.08. The summed E-state index contributed by atoms with van der Waals surface area (Å²) in [6.45, 7) is 1.73. The maximum Gasteiger partial charge on any atom is 0.213 e. The maximum atomic E-state index is 13.0. The van der Waals surface area contributed by atoms with Crippen LogP contribution in [0.5, 0.6) is 0 Å². The first-order valence-electron chi connectivity index (χ1n) is 4.88. The molecule has 0 bridgehead atoms. The predicted octanol–water partition coefficient (Wildman–Crippen LogP) is 2.29. The molecule has 86 valence electrons. The summed E-state index contributed by atoms with van der Waals surface area (Å²) in [4.78, 5) is 11.8. The lowest BCUT2D eigenvalue weighted by atomic mass is 10.1. The molecule has 0 unspecified atom stereocenters. The van der Waals surface area contributed by atoms with Crippen LogP contribution >= 0.6 is 0 Å². The number of aromatic nitrogens is 2. The van der Waals surface area contributed by atoms with Crippen molar-refractivity contribution in [3.05, 3.63) is 58.9 Å². The maximum absolute atomic E-state index is 13.0. The van der Waals surface area contributed by atoms with Crippen LogP contribution in [0, 0.1) is 18.6 Å². The van der Waals surface area contributed by atoms with Gasteiger partial charge in [-0.3, -0.25) is 4.79 Å². The van der Waals surface area contributed by atoms with Crippen molar-refractivity contribution < 1.29 is 13.6 Å². The third-order valence-corrected chi connectivity index (χ3v) is 2.21. The van der Waals surface area contributed by atoms with Gasteiger partial charge < -0.3 is 0 Å².